The molecule has 1 fully saturated rings. The molecule has 2 N–H and O–H groups in total. The summed E-state index contributed by atoms with van der Waals surface area (Å²) < 4.78 is 10.6. The van der Waals surface area contributed by atoms with Gasteiger partial charge < -0.3 is 15.2 Å². The molecule has 114 valence electrons. The highest BCUT2D eigenvalue weighted by Gasteiger charge is 2.18. The largest absolute Gasteiger partial charge is 0.465 e. The van der Waals surface area contributed by atoms with E-state index in [1.165, 1.54) is 0 Å². The van der Waals surface area contributed by atoms with Crippen LogP contribution < -0.4 is 5.73 Å². The summed E-state index contributed by atoms with van der Waals surface area (Å²) in [6, 6.07) is 0. The first kappa shape index (κ1) is 18.7. The molecule has 0 radical (unpaired) electrons. The molecule has 19 heavy (non-hydrogen) atoms. The third kappa shape index (κ3) is 8.45. The number of rotatable bonds is 7. The Morgan fingerprint density at radius 3 is 2.53 bits per heavy atom. The van der Waals surface area contributed by atoms with Gasteiger partial charge in [-0.25, -0.2) is 0 Å². The summed E-state index contributed by atoms with van der Waals surface area (Å²) >= 11 is 0. The van der Waals surface area contributed by atoms with Crippen LogP contribution in [0, 0.1) is 17.8 Å². The lowest BCUT2D eigenvalue weighted by Gasteiger charge is -2.22. The Labute approximate surface area is 122 Å². The van der Waals surface area contributed by atoms with Gasteiger partial charge in [0.25, 0.3) is 0 Å². The van der Waals surface area contributed by atoms with E-state index < -0.39 is 0 Å². The SMILES string of the molecule is CC(C)C[C@H](CN)CC(=O)OCC1CCOCC1.Cl. The van der Waals surface area contributed by atoms with E-state index in [9.17, 15) is 4.79 Å². The Morgan fingerprint density at radius 2 is 2.00 bits per heavy atom. The number of esters is 1. The maximum Gasteiger partial charge on any atom is 0.306 e. The minimum atomic E-state index is -0.0995. The summed E-state index contributed by atoms with van der Waals surface area (Å²) in [5.74, 6) is 1.20. The molecule has 0 bridgehead atoms. The summed E-state index contributed by atoms with van der Waals surface area (Å²) in [5.41, 5.74) is 5.68. The number of halogens is 1. The second-order valence-corrected chi connectivity index (χ2v) is 5.67. The fourth-order valence-corrected chi connectivity index (χ4v) is 2.35. The number of carbonyl (C=O) groups excluding carboxylic acids is 1. The summed E-state index contributed by atoms with van der Waals surface area (Å²) in [4.78, 5) is 11.7. The maximum absolute atomic E-state index is 11.7. The number of carbonyl (C=O) groups is 1. The lowest BCUT2D eigenvalue weighted by atomic mass is 9.94. The van der Waals surface area contributed by atoms with Crippen LogP contribution in [0.25, 0.3) is 0 Å². The smallest absolute Gasteiger partial charge is 0.306 e. The van der Waals surface area contributed by atoms with Crippen LogP contribution in [0.15, 0.2) is 0 Å². The van der Waals surface area contributed by atoms with Gasteiger partial charge in [0.15, 0.2) is 0 Å². The quantitative estimate of drug-likeness (QED) is 0.732. The van der Waals surface area contributed by atoms with Crippen molar-refractivity contribution in [3.05, 3.63) is 0 Å². The van der Waals surface area contributed by atoms with Gasteiger partial charge in [0.2, 0.25) is 0 Å². The zero-order valence-corrected chi connectivity index (χ0v) is 12.9. The summed E-state index contributed by atoms with van der Waals surface area (Å²) in [6.07, 6.45) is 3.44. The van der Waals surface area contributed by atoms with E-state index in [-0.39, 0.29) is 24.3 Å². The fourth-order valence-electron chi connectivity index (χ4n) is 2.35. The van der Waals surface area contributed by atoms with Gasteiger partial charge in [-0.2, -0.15) is 0 Å². The van der Waals surface area contributed by atoms with Crippen molar-refractivity contribution in [2.24, 2.45) is 23.5 Å². The first-order valence-electron chi connectivity index (χ1n) is 7.05. The fraction of sp³-hybridized carbons (Fsp3) is 0.929. The molecule has 0 unspecified atom stereocenters. The van der Waals surface area contributed by atoms with Crippen molar-refractivity contribution in [2.75, 3.05) is 26.4 Å². The molecule has 5 heteroatoms. The average Bonchev–Trinajstić information content (AvgIpc) is 2.36. The lowest BCUT2D eigenvalue weighted by molar-refractivity contribution is -0.147. The molecule has 1 aliphatic rings. The molecule has 4 nitrogen and oxygen atoms in total. The third-order valence-electron chi connectivity index (χ3n) is 3.41. The normalized spacial score (nSPS) is 17.9. The van der Waals surface area contributed by atoms with Crippen LogP contribution in [0.4, 0.5) is 0 Å². The van der Waals surface area contributed by atoms with Crippen molar-refractivity contribution in [3.63, 3.8) is 0 Å². The molecule has 1 rings (SSSR count). The molecule has 0 saturated carbocycles. The monoisotopic (exact) mass is 293 g/mol. The Morgan fingerprint density at radius 1 is 1.37 bits per heavy atom. The van der Waals surface area contributed by atoms with Gasteiger partial charge in [-0.05, 0) is 43.6 Å². The van der Waals surface area contributed by atoms with Crippen LogP contribution in [0.3, 0.4) is 0 Å². The Kier molecular flexibility index (Phi) is 10.3. The van der Waals surface area contributed by atoms with E-state index in [1.807, 2.05) is 0 Å². The van der Waals surface area contributed by atoms with E-state index >= 15 is 0 Å². The lowest BCUT2D eigenvalue weighted by Crippen LogP contribution is -2.24. The van der Waals surface area contributed by atoms with E-state index in [4.69, 9.17) is 15.2 Å². The molecule has 0 aliphatic carbocycles. The summed E-state index contributed by atoms with van der Waals surface area (Å²) in [5, 5.41) is 0. The van der Waals surface area contributed by atoms with E-state index in [1.54, 1.807) is 0 Å². The molecule has 1 aliphatic heterocycles. The minimum absolute atomic E-state index is 0. The van der Waals surface area contributed by atoms with Gasteiger partial charge in [0.1, 0.15) is 0 Å². The average molecular weight is 294 g/mol. The van der Waals surface area contributed by atoms with Crippen molar-refractivity contribution in [1.82, 2.24) is 0 Å². The molecule has 0 spiro atoms. The Hall–Kier alpha value is -0.320. The highest BCUT2D eigenvalue weighted by molar-refractivity contribution is 5.85. The van der Waals surface area contributed by atoms with Crippen molar-refractivity contribution >= 4 is 18.4 Å². The number of hydrogen-bond donors (Lipinski definition) is 1. The molecule has 1 heterocycles. The van der Waals surface area contributed by atoms with Gasteiger partial charge in [-0.1, -0.05) is 13.8 Å². The first-order valence-corrected chi connectivity index (χ1v) is 7.05. The topological polar surface area (TPSA) is 61.6 Å². The van der Waals surface area contributed by atoms with Gasteiger partial charge >= 0.3 is 5.97 Å². The van der Waals surface area contributed by atoms with Crippen LogP contribution in [-0.4, -0.2) is 32.3 Å². The van der Waals surface area contributed by atoms with Crippen molar-refractivity contribution in [1.29, 1.82) is 0 Å². The van der Waals surface area contributed by atoms with E-state index in [2.05, 4.69) is 13.8 Å². The highest BCUT2D eigenvalue weighted by Crippen LogP contribution is 2.17. The number of ether oxygens (including phenoxy) is 2. The number of nitrogens with two attached hydrogens (primary N) is 1. The van der Waals surface area contributed by atoms with Crippen LogP contribution in [0.2, 0.25) is 0 Å². The zero-order valence-electron chi connectivity index (χ0n) is 12.1. The van der Waals surface area contributed by atoms with Gasteiger partial charge in [0.05, 0.1) is 6.61 Å². The predicted octanol–water partition coefficient (Wildman–Crippen LogP) is 2.39. The molecule has 0 amide bonds. The highest BCUT2D eigenvalue weighted by atomic mass is 35.5. The standard InChI is InChI=1S/C14H27NO3.ClH/c1-11(2)7-13(9-15)8-14(16)18-10-12-3-5-17-6-4-12;/h11-13H,3-10,15H2,1-2H3;1H/t13-;/m0./s1. The summed E-state index contributed by atoms with van der Waals surface area (Å²) in [7, 11) is 0. The molecular formula is C14H28ClNO3. The van der Waals surface area contributed by atoms with E-state index in [0.29, 0.717) is 31.4 Å². The molecule has 0 aromatic rings. The molecule has 0 aromatic heterocycles. The van der Waals surface area contributed by atoms with Gasteiger partial charge in [0, 0.05) is 19.6 Å². The Bertz CT molecular complexity index is 243. The second-order valence-electron chi connectivity index (χ2n) is 5.67. The van der Waals surface area contributed by atoms with Crippen LogP contribution >= 0.6 is 12.4 Å². The first-order chi connectivity index (χ1) is 8.61. The molecule has 1 atom stereocenters. The van der Waals surface area contributed by atoms with Crippen LogP contribution in [-0.2, 0) is 14.3 Å². The van der Waals surface area contributed by atoms with E-state index in [0.717, 1.165) is 32.5 Å². The van der Waals surface area contributed by atoms with Crippen molar-refractivity contribution in [2.45, 2.75) is 39.5 Å². The third-order valence-corrected chi connectivity index (χ3v) is 3.41. The predicted molar refractivity (Wildman–Crippen MR) is 78.4 cm³/mol. The maximum atomic E-state index is 11.7. The second kappa shape index (κ2) is 10.5. The molecular weight excluding hydrogens is 266 g/mol. The number of hydrogen-bond acceptors (Lipinski definition) is 4. The molecule has 0 aromatic carbocycles. The Balaban J connectivity index is 0.00000324. The van der Waals surface area contributed by atoms with Crippen molar-refractivity contribution < 1.29 is 14.3 Å². The van der Waals surface area contributed by atoms with Crippen LogP contribution in [0.5, 0.6) is 0 Å². The summed E-state index contributed by atoms with van der Waals surface area (Å²) in [6.45, 7) is 6.99. The molecule has 1 saturated heterocycles. The van der Waals surface area contributed by atoms with Crippen LogP contribution in [0.1, 0.15) is 39.5 Å². The van der Waals surface area contributed by atoms with Crippen molar-refractivity contribution in [3.8, 4) is 0 Å². The van der Waals surface area contributed by atoms with Gasteiger partial charge in [-0.3, -0.25) is 4.79 Å². The van der Waals surface area contributed by atoms with Gasteiger partial charge in [-0.15, -0.1) is 12.4 Å². The minimum Gasteiger partial charge on any atom is -0.465 e. The zero-order chi connectivity index (χ0) is 13.4.